The summed E-state index contributed by atoms with van der Waals surface area (Å²) in [5, 5.41) is 0. The van der Waals surface area contributed by atoms with Crippen molar-refractivity contribution in [2.24, 2.45) is 0 Å². The van der Waals surface area contributed by atoms with Crippen molar-refractivity contribution in [2.45, 2.75) is 18.9 Å². The molecule has 1 fully saturated rings. The number of carbonyl (C=O) groups excluding carboxylic acids is 1. The maximum Gasteiger partial charge on any atom is 0.323 e. The van der Waals surface area contributed by atoms with E-state index in [0.717, 1.165) is 25.9 Å². The summed E-state index contributed by atoms with van der Waals surface area (Å²) >= 11 is 1.85. The Morgan fingerprint density at radius 1 is 1.69 bits per heavy atom. The van der Waals surface area contributed by atoms with Gasteiger partial charge >= 0.3 is 5.97 Å². The molecule has 0 radical (unpaired) electrons. The summed E-state index contributed by atoms with van der Waals surface area (Å²) in [5.74, 6) is 1.10. The van der Waals surface area contributed by atoms with E-state index in [9.17, 15) is 4.79 Å². The van der Waals surface area contributed by atoms with E-state index in [1.807, 2.05) is 11.8 Å². The van der Waals surface area contributed by atoms with Gasteiger partial charge in [-0.2, -0.15) is 11.8 Å². The summed E-state index contributed by atoms with van der Waals surface area (Å²) in [7, 11) is 1.46. The molecule has 1 aliphatic heterocycles. The number of rotatable bonds is 5. The number of hydrogen-bond acceptors (Lipinski definition) is 4. The highest BCUT2D eigenvalue weighted by Gasteiger charge is 2.33. The second-order valence-electron chi connectivity index (χ2n) is 3.21. The highest BCUT2D eigenvalue weighted by Crippen LogP contribution is 2.18. The van der Waals surface area contributed by atoms with Crippen LogP contribution in [0.5, 0.6) is 0 Å². The van der Waals surface area contributed by atoms with Gasteiger partial charge in [-0.05, 0) is 31.4 Å². The van der Waals surface area contributed by atoms with Crippen LogP contribution in [-0.4, -0.2) is 49.1 Å². The van der Waals surface area contributed by atoms with Crippen LogP contribution in [0.3, 0.4) is 0 Å². The molecular formula is C9H17NO2S. The van der Waals surface area contributed by atoms with E-state index in [1.54, 1.807) is 0 Å². The van der Waals surface area contributed by atoms with Crippen molar-refractivity contribution in [1.29, 1.82) is 0 Å². The van der Waals surface area contributed by atoms with Crippen LogP contribution in [-0.2, 0) is 9.53 Å². The standard InChI is InChI=1S/C9H17NO2S/c1-12-9(11)8-4-6-10(8)5-3-7-13-2/h8H,3-7H2,1-2H3. The Hall–Kier alpha value is -0.220. The summed E-state index contributed by atoms with van der Waals surface area (Å²) < 4.78 is 4.70. The van der Waals surface area contributed by atoms with Gasteiger partial charge in [-0.25, -0.2) is 0 Å². The summed E-state index contributed by atoms with van der Waals surface area (Å²) in [6.45, 7) is 2.08. The maximum absolute atomic E-state index is 11.2. The van der Waals surface area contributed by atoms with Crippen molar-refractivity contribution in [3.05, 3.63) is 0 Å². The fourth-order valence-corrected chi connectivity index (χ4v) is 1.94. The second kappa shape index (κ2) is 5.50. The predicted molar refractivity (Wildman–Crippen MR) is 55.0 cm³/mol. The van der Waals surface area contributed by atoms with Gasteiger partial charge in [0, 0.05) is 6.54 Å². The lowest BCUT2D eigenvalue weighted by molar-refractivity contribution is -0.151. The third kappa shape index (κ3) is 2.88. The molecule has 0 aromatic carbocycles. The minimum absolute atomic E-state index is 0.0480. The van der Waals surface area contributed by atoms with Gasteiger partial charge in [-0.3, -0.25) is 9.69 Å². The van der Waals surface area contributed by atoms with E-state index >= 15 is 0 Å². The number of thioether (sulfide) groups is 1. The van der Waals surface area contributed by atoms with Crippen LogP contribution in [0.25, 0.3) is 0 Å². The molecule has 0 aromatic heterocycles. The molecule has 3 nitrogen and oxygen atoms in total. The molecule has 1 heterocycles. The molecule has 1 aliphatic rings. The van der Waals surface area contributed by atoms with Crippen molar-refractivity contribution < 1.29 is 9.53 Å². The summed E-state index contributed by atoms with van der Waals surface area (Å²) in [6, 6.07) is 0.0480. The van der Waals surface area contributed by atoms with Crippen LogP contribution in [0, 0.1) is 0 Å². The second-order valence-corrected chi connectivity index (χ2v) is 4.20. The monoisotopic (exact) mass is 203 g/mol. The van der Waals surface area contributed by atoms with Gasteiger partial charge in [0.25, 0.3) is 0 Å². The quantitative estimate of drug-likeness (QED) is 0.492. The summed E-state index contributed by atoms with van der Waals surface area (Å²) in [4.78, 5) is 13.4. The molecule has 1 atom stereocenters. The molecule has 1 saturated heterocycles. The van der Waals surface area contributed by atoms with Crippen LogP contribution >= 0.6 is 11.8 Å². The number of likely N-dealkylation sites (tertiary alicyclic amines) is 1. The number of hydrogen-bond donors (Lipinski definition) is 0. The topological polar surface area (TPSA) is 29.5 Å². The molecule has 1 rings (SSSR count). The average molecular weight is 203 g/mol. The van der Waals surface area contributed by atoms with Gasteiger partial charge in [-0.15, -0.1) is 0 Å². The number of ether oxygens (including phenoxy) is 1. The molecular weight excluding hydrogens is 186 g/mol. The van der Waals surface area contributed by atoms with Gasteiger partial charge in [0.1, 0.15) is 6.04 Å². The Labute approximate surface area is 83.8 Å². The normalized spacial score (nSPS) is 22.5. The molecule has 13 heavy (non-hydrogen) atoms. The molecule has 4 heteroatoms. The van der Waals surface area contributed by atoms with E-state index in [4.69, 9.17) is 4.74 Å². The molecule has 1 unspecified atom stereocenters. The van der Waals surface area contributed by atoms with Crippen LogP contribution in [0.1, 0.15) is 12.8 Å². The fourth-order valence-electron chi connectivity index (χ4n) is 1.52. The van der Waals surface area contributed by atoms with E-state index in [-0.39, 0.29) is 12.0 Å². The largest absolute Gasteiger partial charge is 0.468 e. The third-order valence-electron chi connectivity index (χ3n) is 2.40. The molecule has 0 aliphatic carbocycles. The van der Waals surface area contributed by atoms with Crippen LogP contribution in [0.4, 0.5) is 0 Å². The zero-order valence-corrected chi connectivity index (χ0v) is 9.10. The zero-order valence-electron chi connectivity index (χ0n) is 8.28. The Morgan fingerprint density at radius 3 is 2.92 bits per heavy atom. The molecule has 76 valence electrons. The molecule has 0 saturated carbocycles. The molecule has 0 N–H and O–H groups in total. The van der Waals surface area contributed by atoms with Crippen molar-refractivity contribution in [3.8, 4) is 0 Å². The molecule has 0 bridgehead atoms. The van der Waals surface area contributed by atoms with Crippen molar-refractivity contribution in [2.75, 3.05) is 32.2 Å². The predicted octanol–water partition coefficient (Wildman–Crippen LogP) is 0.987. The minimum atomic E-state index is -0.0737. The molecule has 0 amide bonds. The third-order valence-corrected chi connectivity index (χ3v) is 3.09. The number of methoxy groups -OCH3 is 1. The Kier molecular flexibility index (Phi) is 4.59. The van der Waals surface area contributed by atoms with Crippen molar-refractivity contribution in [1.82, 2.24) is 4.90 Å². The number of carbonyl (C=O) groups is 1. The first-order valence-corrected chi connectivity index (χ1v) is 5.99. The maximum atomic E-state index is 11.2. The van der Waals surface area contributed by atoms with E-state index in [0.29, 0.717) is 0 Å². The fraction of sp³-hybridized carbons (Fsp3) is 0.889. The van der Waals surface area contributed by atoms with Gasteiger partial charge in [0.2, 0.25) is 0 Å². The Bertz CT molecular complexity index is 175. The van der Waals surface area contributed by atoms with Crippen LogP contribution < -0.4 is 0 Å². The first-order chi connectivity index (χ1) is 6.29. The Balaban J connectivity index is 2.17. The molecule has 0 aromatic rings. The van der Waals surface area contributed by atoms with Crippen molar-refractivity contribution >= 4 is 17.7 Å². The van der Waals surface area contributed by atoms with Gasteiger partial charge in [0.15, 0.2) is 0 Å². The van der Waals surface area contributed by atoms with Gasteiger partial charge < -0.3 is 4.74 Å². The Morgan fingerprint density at radius 2 is 2.46 bits per heavy atom. The van der Waals surface area contributed by atoms with Crippen LogP contribution in [0.2, 0.25) is 0 Å². The van der Waals surface area contributed by atoms with E-state index in [1.165, 1.54) is 12.9 Å². The van der Waals surface area contributed by atoms with Crippen LogP contribution in [0.15, 0.2) is 0 Å². The number of esters is 1. The lowest BCUT2D eigenvalue weighted by Gasteiger charge is -2.38. The lowest BCUT2D eigenvalue weighted by Crippen LogP contribution is -2.53. The minimum Gasteiger partial charge on any atom is -0.468 e. The SMILES string of the molecule is COC(=O)C1CCN1CCCSC. The zero-order chi connectivity index (χ0) is 9.68. The van der Waals surface area contributed by atoms with Gasteiger partial charge in [0.05, 0.1) is 7.11 Å². The smallest absolute Gasteiger partial charge is 0.323 e. The van der Waals surface area contributed by atoms with E-state index < -0.39 is 0 Å². The average Bonchev–Trinajstić information content (AvgIpc) is 2.10. The van der Waals surface area contributed by atoms with Crippen molar-refractivity contribution in [3.63, 3.8) is 0 Å². The number of nitrogens with zero attached hydrogens (tertiary/aromatic N) is 1. The highest BCUT2D eigenvalue weighted by molar-refractivity contribution is 7.98. The first kappa shape index (κ1) is 10.9. The van der Waals surface area contributed by atoms with Gasteiger partial charge in [-0.1, -0.05) is 0 Å². The summed E-state index contributed by atoms with van der Waals surface area (Å²) in [5.41, 5.74) is 0. The lowest BCUT2D eigenvalue weighted by atomic mass is 10.0. The summed E-state index contributed by atoms with van der Waals surface area (Å²) in [6.07, 6.45) is 4.23. The highest BCUT2D eigenvalue weighted by atomic mass is 32.2. The van der Waals surface area contributed by atoms with E-state index in [2.05, 4.69) is 11.2 Å². The molecule has 0 spiro atoms. The first-order valence-electron chi connectivity index (χ1n) is 4.60.